The van der Waals surface area contributed by atoms with E-state index in [1.807, 2.05) is 30.8 Å². The van der Waals surface area contributed by atoms with E-state index in [1.54, 1.807) is 0 Å². The summed E-state index contributed by atoms with van der Waals surface area (Å²) >= 11 is 1.30. The van der Waals surface area contributed by atoms with Crippen LogP contribution in [0.3, 0.4) is 0 Å². The third kappa shape index (κ3) is 4.52. The summed E-state index contributed by atoms with van der Waals surface area (Å²) in [6.07, 6.45) is 1.77. The second-order valence-corrected chi connectivity index (χ2v) is 9.39. The Labute approximate surface area is 201 Å². The highest BCUT2D eigenvalue weighted by Gasteiger charge is 2.31. The molecule has 0 unspecified atom stereocenters. The Balaban J connectivity index is 1.58. The number of morpholine rings is 1. The number of fused-ring (bicyclic) bond motifs is 1. The van der Waals surface area contributed by atoms with Crippen molar-refractivity contribution >= 4 is 32.8 Å². The summed E-state index contributed by atoms with van der Waals surface area (Å²) in [5, 5.41) is 4.35. The molecule has 0 amide bonds. The third-order valence-corrected chi connectivity index (χ3v) is 6.76. The summed E-state index contributed by atoms with van der Waals surface area (Å²) in [5.41, 5.74) is 1.30. The van der Waals surface area contributed by atoms with E-state index in [-0.39, 0.29) is 24.2 Å². The molecule has 13 heteroatoms. The van der Waals surface area contributed by atoms with E-state index in [2.05, 4.69) is 20.1 Å². The molecule has 0 bridgehead atoms. The zero-order valence-electron chi connectivity index (χ0n) is 19.0. The molecule has 35 heavy (non-hydrogen) atoms. The number of alkyl halides is 2. The van der Waals surface area contributed by atoms with Crippen molar-refractivity contribution in [1.29, 1.82) is 0 Å². The second-order valence-electron chi connectivity index (χ2n) is 8.41. The molecule has 0 radical (unpaired) electrons. The largest absolute Gasteiger partial charge is 0.367 e. The Kier molecular flexibility index (Phi) is 6.05. The van der Waals surface area contributed by atoms with Crippen molar-refractivity contribution in [2.24, 2.45) is 0 Å². The Bertz CT molecular complexity index is 1380. The zero-order chi connectivity index (χ0) is 24.9. The number of benzene rings is 1. The molecule has 1 saturated heterocycles. The van der Waals surface area contributed by atoms with Gasteiger partial charge in [0.2, 0.25) is 5.95 Å². The van der Waals surface area contributed by atoms with Gasteiger partial charge in [-0.05, 0) is 19.1 Å². The molecule has 0 spiro atoms. The van der Waals surface area contributed by atoms with Gasteiger partial charge in [-0.1, -0.05) is 11.3 Å². The highest BCUT2D eigenvalue weighted by molar-refractivity contribution is 7.22. The number of nitrogens with zero attached hydrogens (tertiary/aromatic N) is 7. The maximum absolute atomic E-state index is 14.8. The van der Waals surface area contributed by atoms with Gasteiger partial charge in [-0.3, -0.25) is 0 Å². The first-order valence-electron chi connectivity index (χ1n) is 10.7. The highest BCUT2D eigenvalue weighted by Crippen LogP contribution is 2.37. The molecule has 1 aliphatic heterocycles. The minimum atomic E-state index is -2.75. The standard InChI is InChI=1S/C22H21F4N7OS/c1-11-8-32(10-16(34-11)12-7-27-33(9-12)20(25)26)21-28-17(14-5-4-13(23)6-15(14)24)18-19(29-21)30-22(35-18)31(2)3/h4-7,9,11,16,20H,8,10H2,1-3H3/t11-,16+/m0/s1. The Morgan fingerprint density at radius 3 is 2.63 bits per heavy atom. The molecule has 1 aromatic carbocycles. The van der Waals surface area contributed by atoms with Gasteiger partial charge in [-0.25, -0.2) is 18.4 Å². The van der Waals surface area contributed by atoms with Crippen molar-refractivity contribution in [3.8, 4) is 11.3 Å². The van der Waals surface area contributed by atoms with Crippen molar-refractivity contribution in [2.75, 3.05) is 37.0 Å². The monoisotopic (exact) mass is 507 g/mol. The number of hydrogen-bond donors (Lipinski definition) is 0. The second kappa shape index (κ2) is 9.04. The van der Waals surface area contributed by atoms with Crippen molar-refractivity contribution < 1.29 is 22.3 Å². The minimum absolute atomic E-state index is 0.130. The van der Waals surface area contributed by atoms with E-state index >= 15 is 0 Å². The maximum atomic E-state index is 14.8. The van der Waals surface area contributed by atoms with Crippen molar-refractivity contribution in [2.45, 2.75) is 25.7 Å². The fourth-order valence-corrected chi connectivity index (χ4v) is 4.86. The predicted octanol–water partition coefficient (Wildman–Crippen LogP) is 4.66. The average Bonchev–Trinajstić information content (AvgIpc) is 3.46. The van der Waals surface area contributed by atoms with Crippen LogP contribution in [0.25, 0.3) is 21.6 Å². The summed E-state index contributed by atoms with van der Waals surface area (Å²) in [7, 11) is 3.66. The molecule has 0 N–H and O–H groups in total. The number of rotatable bonds is 5. The molecule has 4 aromatic rings. The summed E-state index contributed by atoms with van der Waals surface area (Å²) < 4.78 is 61.5. The van der Waals surface area contributed by atoms with Crippen LogP contribution >= 0.6 is 11.3 Å². The number of anilines is 2. The van der Waals surface area contributed by atoms with E-state index < -0.39 is 24.3 Å². The van der Waals surface area contributed by atoms with Crippen molar-refractivity contribution in [1.82, 2.24) is 24.7 Å². The van der Waals surface area contributed by atoms with Crippen LogP contribution in [0.5, 0.6) is 0 Å². The van der Waals surface area contributed by atoms with Gasteiger partial charge in [-0.2, -0.15) is 23.8 Å². The summed E-state index contributed by atoms with van der Waals surface area (Å²) in [5.74, 6) is -1.15. The van der Waals surface area contributed by atoms with Crippen LogP contribution in [-0.4, -0.2) is 58.0 Å². The number of aromatic nitrogens is 5. The summed E-state index contributed by atoms with van der Waals surface area (Å²) in [6, 6.07) is 3.33. The molecule has 184 valence electrons. The number of hydrogen-bond acceptors (Lipinski definition) is 8. The van der Waals surface area contributed by atoms with Crippen molar-refractivity contribution in [3.63, 3.8) is 0 Å². The van der Waals surface area contributed by atoms with Crippen molar-refractivity contribution in [3.05, 3.63) is 47.8 Å². The lowest BCUT2D eigenvalue weighted by molar-refractivity contribution is -0.0181. The topological polar surface area (TPSA) is 72.2 Å². The molecule has 0 aliphatic carbocycles. The summed E-state index contributed by atoms with van der Waals surface area (Å²) in [4.78, 5) is 17.5. The predicted molar refractivity (Wildman–Crippen MR) is 124 cm³/mol. The smallest absolute Gasteiger partial charge is 0.333 e. The van der Waals surface area contributed by atoms with Crippen LogP contribution < -0.4 is 9.80 Å². The lowest BCUT2D eigenvalue weighted by Crippen LogP contribution is -2.43. The van der Waals surface area contributed by atoms with Gasteiger partial charge in [0.15, 0.2) is 10.8 Å². The first-order valence-corrected chi connectivity index (χ1v) is 11.5. The minimum Gasteiger partial charge on any atom is -0.367 e. The highest BCUT2D eigenvalue weighted by atomic mass is 32.1. The van der Waals surface area contributed by atoms with Crippen LogP contribution in [-0.2, 0) is 4.74 Å². The van der Waals surface area contributed by atoms with Gasteiger partial charge >= 0.3 is 6.55 Å². The maximum Gasteiger partial charge on any atom is 0.333 e. The molecule has 5 rings (SSSR count). The van der Waals surface area contributed by atoms with E-state index in [4.69, 9.17) is 4.74 Å². The number of thiazole rings is 1. The van der Waals surface area contributed by atoms with Crippen LogP contribution in [0.15, 0.2) is 30.6 Å². The normalized spacial score (nSPS) is 18.6. The van der Waals surface area contributed by atoms with Crippen LogP contribution in [0.4, 0.5) is 28.6 Å². The number of halogens is 4. The van der Waals surface area contributed by atoms with Gasteiger partial charge in [0.1, 0.15) is 22.4 Å². The third-order valence-electron chi connectivity index (χ3n) is 5.54. The van der Waals surface area contributed by atoms with Crippen LogP contribution in [0.1, 0.15) is 25.1 Å². The molecule has 8 nitrogen and oxygen atoms in total. The van der Waals surface area contributed by atoms with E-state index in [1.165, 1.54) is 35.9 Å². The van der Waals surface area contributed by atoms with Crippen LogP contribution in [0, 0.1) is 11.6 Å². The van der Waals surface area contributed by atoms with Crippen LogP contribution in [0.2, 0.25) is 0 Å². The Morgan fingerprint density at radius 2 is 1.94 bits per heavy atom. The summed E-state index contributed by atoms with van der Waals surface area (Å²) in [6.45, 7) is -0.222. The number of ether oxygens (including phenoxy) is 1. The lowest BCUT2D eigenvalue weighted by Gasteiger charge is -2.36. The SMILES string of the molecule is C[C@H]1CN(c2nc(-c3ccc(F)cc3F)c3sc(N(C)C)nc3n2)C[C@H](c2cnn(C(F)F)c2)O1. The molecular formula is C22H21F4N7OS. The van der Waals surface area contributed by atoms with E-state index in [0.717, 1.165) is 6.07 Å². The van der Waals surface area contributed by atoms with Gasteiger partial charge < -0.3 is 14.5 Å². The van der Waals surface area contributed by atoms with E-state index in [9.17, 15) is 17.6 Å². The Morgan fingerprint density at radius 1 is 1.14 bits per heavy atom. The fraction of sp³-hybridized carbons (Fsp3) is 0.364. The quantitative estimate of drug-likeness (QED) is 0.364. The van der Waals surface area contributed by atoms with Gasteiger partial charge in [0, 0.05) is 44.0 Å². The molecular weight excluding hydrogens is 486 g/mol. The Hall–Kier alpha value is -3.32. The lowest BCUT2D eigenvalue weighted by atomic mass is 10.1. The fourth-order valence-electron chi connectivity index (χ4n) is 3.92. The van der Waals surface area contributed by atoms with E-state index in [0.29, 0.717) is 38.0 Å². The molecule has 2 atom stereocenters. The molecule has 0 saturated carbocycles. The zero-order valence-corrected chi connectivity index (χ0v) is 19.8. The van der Waals surface area contributed by atoms with Gasteiger partial charge in [-0.15, -0.1) is 0 Å². The first-order chi connectivity index (χ1) is 16.7. The average molecular weight is 508 g/mol. The molecule has 3 aromatic heterocycles. The van der Waals surface area contributed by atoms with Gasteiger partial charge in [0.25, 0.3) is 0 Å². The molecule has 4 heterocycles. The van der Waals surface area contributed by atoms with Gasteiger partial charge in [0.05, 0.1) is 24.5 Å². The molecule has 1 fully saturated rings. The molecule has 1 aliphatic rings. The first kappa shape index (κ1) is 23.4.